The molecule has 5 heteroatoms. The number of fused-ring (bicyclic) bond motifs is 1. The van der Waals surface area contributed by atoms with E-state index in [1.165, 1.54) is 0 Å². The number of para-hydroxylation sites is 1. The Bertz CT molecular complexity index is 523. The van der Waals surface area contributed by atoms with Gasteiger partial charge in [-0.2, -0.15) is 5.10 Å². The van der Waals surface area contributed by atoms with Crippen molar-refractivity contribution in [1.29, 1.82) is 0 Å². The molecule has 18 heavy (non-hydrogen) atoms. The number of amides is 1. The van der Waals surface area contributed by atoms with Crippen molar-refractivity contribution in [1.82, 2.24) is 10.3 Å². The SMILES string of the molecule is CCC1=NNC2C(=O)N(c3ccccc3)C=CN12. The minimum atomic E-state index is -0.412. The molecule has 2 aliphatic rings. The molecule has 0 aromatic heterocycles. The van der Waals surface area contributed by atoms with Gasteiger partial charge in [-0.1, -0.05) is 25.1 Å². The van der Waals surface area contributed by atoms with Gasteiger partial charge in [-0.05, 0) is 12.1 Å². The van der Waals surface area contributed by atoms with Crippen molar-refractivity contribution >= 4 is 17.4 Å². The Hall–Kier alpha value is -2.30. The van der Waals surface area contributed by atoms with E-state index < -0.39 is 6.17 Å². The second kappa shape index (κ2) is 4.18. The average molecular weight is 242 g/mol. The zero-order valence-electron chi connectivity index (χ0n) is 10.1. The number of benzene rings is 1. The van der Waals surface area contributed by atoms with E-state index in [1.54, 1.807) is 11.1 Å². The monoisotopic (exact) mass is 242 g/mol. The summed E-state index contributed by atoms with van der Waals surface area (Å²) in [6.45, 7) is 2.02. The van der Waals surface area contributed by atoms with Crippen LogP contribution in [0.5, 0.6) is 0 Å². The Morgan fingerprint density at radius 3 is 2.78 bits per heavy atom. The highest BCUT2D eigenvalue weighted by Crippen LogP contribution is 2.22. The average Bonchev–Trinajstić information content (AvgIpc) is 2.84. The lowest BCUT2D eigenvalue weighted by atomic mass is 10.2. The van der Waals surface area contributed by atoms with E-state index in [-0.39, 0.29) is 5.91 Å². The molecule has 1 aromatic rings. The van der Waals surface area contributed by atoms with E-state index in [2.05, 4.69) is 10.5 Å². The van der Waals surface area contributed by atoms with E-state index in [9.17, 15) is 4.79 Å². The maximum absolute atomic E-state index is 12.4. The maximum atomic E-state index is 12.4. The fourth-order valence-electron chi connectivity index (χ4n) is 2.16. The molecule has 0 spiro atoms. The molecule has 0 saturated carbocycles. The van der Waals surface area contributed by atoms with E-state index in [0.29, 0.717) is 0 Å². The third-order valence-corrected chi connectivity index (χ3v) is 3.09. The van der Waals surface area contributed by atoms with Crippen LogP contribution in [0, 0.1) is 0 Å². The molecule has 1 atom stereocenters. The first-order valence-electron chi connectivity index (χ1n) is 5.98. The number of hydrogen-bond donors (Lipinski definition) is 1. The van der Waals surface area contributed by atoms with Gasteiger partial charge in [-0.15, -0.1) is 0 Å². The summed E-state index contributed by atoms with van der Waals surface area (Å²) in [5.74, 6) is 0.869. The van der Waals surface area contributed by atoms with Crippen molar-refractivity contribution in [3.8, 4) is 0 Å². The molecule has 0 fully saturated rings. The summed E-state index contributed by atoms with van der Waals surface area (Å²) in [6, 6.07) is 9.58. The number of carbonyl (C=O) groups excluding carboxylic acids is 1. The molecule has 2 heterocycles. The molecule has 0 saturated heterocycles. The molecule has 1 unspecified atom stereocenters. The number of nitrogens with one attached hydrogen (secondary N) is 1. The third-order valence-electron chi connectivity index (χ3n) is 3.09. The van der Waals surface area contributed by atoms with E-state index in [0.717, 1.165) is 17.9 Å². The minimum absolute atomic E-state index is 0.0177. The predicted molar refractivity (Wildman–Crippen MR) is 69.6 cm³/mol. The van der Waals surface area contributed by atoms with Crippen molar-refractivity contribution in [3.05, 3.63) is 42.7 Å². The van der Waals surface area contributed by atoms with Crippen LogP contribution >= 0.6 is 0 Å². The summed E-state index contributed by atoms with van der Waals surface area (Å²) in [6.07, 6.45) is 4.06. The predicted octanol–water partition coefficient (Wildman–Crippen LogP) is 1.46. The lowest BCUT2D eigenvalue weighted by molar-refractivity contribution is -0.122. The first kappa shape index (κ1) is 10.8. The van der Waals surface area contributed by atoms with Gasteiger partial charge >= 0.3 is 0 Å². The maximum Gasteiger partial charge on any atom is 0.276 e. The van der Waals surface area contributed by atoms with E-state index in [1.807, 2.05) is 48.4 Å². The van der Waals surface area contributed by atoms with Crippen LogP contribution in [0.1, 0.15) is 13.3 Å². The Labute approximate surface area is 105 Å². The smallest absolute Gasteiger partial charge is 0.276 e. The van der Waals surface area contributed by atoms with Crippen LogP contribution in [0.25, 0.3) is 0 Å². The van der Waals surface area contributed by atoms with Crippen molar-refractivity contribution in [3.63, 3.8) is 0 Å². The van der Waals surface area contributed by atoms with Gasteiger partial charge < -0.3 is 4.90 Å². The Morgan fingerprint density at radius 2 is 2.06 bits per heavy atom. The minimum Gasteiger partial charge on any atom is -0.303 e. The van der Waals surface area contributed by atoms with Crippen LogP contribution in [-0.2, 0) is 4.79 Å². The van der Waals surface area contributed by atoms with Crippen LogP contribution in [0.3, 0.4) is 0 Å². The fourth-order valence-corrected chi connectivity index (χ4v) is 2.16. The van der Waals surface area contributed by atoms with Gasteiger partial charge in [0, 0.05) is 24.5 Å². The molecule has 0 radical (unpaired) electrons. The Morgan fingerprint density at radius 1 is 1.28 bits per heavy atom. The largest absolute Gasteiger partial charge is 0.303 e. The number of hydrogen-bond acceptors (Lipinski definition) is 4. The van der Waals surface area contributed by atoms with Gasteiger partial charge in [-0.25, -0.2) is 0 Å². The quantitative estimate of drug-likeness (QED) is 0.854. The highest BCUT2D eigenvalue weighted by Gasteiger charge is 2.37. The number of rotatable bonds is 2. The molecule has 5 nitrogen and oxygen atoms in total. The molecule has 0 aliphatic carbocycles. The number of amidine groups is 1. The second-order valence-electron chi connectivity index (χ2n) is 4.16. The summed E-state index contributed by atoms with van der Waals surface area (Å²) in [4.78, 5) is 15.9. The lowest BCUT2D eigenvalue weighted by Gasteiger charge is -2.32. The summed E-state index contributed by atoms with van der Waals surface area (Å²) in [7, 11) is 0. The molecule has 0 bridgehead atoms. The number of anilines is 1. The summed E-state index contributed by atoms with van der Waals surface area (Å²) >= 11 is 0. The van der Waals surface area contributed by atoms with Crippen molar-refractivity contribution < 1.29 is 4.79 Å². The first-order chi connectivity index (χ1) is 8.81. The van der Waals surface area contributed by atoms with Gasteiger partial charge in [0.2, 0.25) is 6.17 Å². The topological polar surface area (TPSA) is 47.9 Å². The second-order valence-corrected chi connectivity index (χ2v) is 4.16. The molecule has 1 amide bonds. The highest BCUT2D eigenvalue weighted by molar-refractivity contribution is 6.03. The van der Waals surface area contributed by atoms with Crippen LogP contribution < -0.4 is 10.3 Å². The van der Waals surface area contributed by atoms with E-state index >= 15 is 0 Å². The molecule has 92 valence electrons. The Balaban J connectivity index is 1.90. The summed E-state index contributed by atoms with van der Waals surface area (Å²) in [5.41, 5.74) is 3.75. The van der Waals surface area contributed by atoms with Gasteiger partial charge in [0.15, 0.2) is 0 Å². The third kappa shape index (κ3) is 1.55. The highest BCUT2D eigenvalue weighted by atomic mass is 16.2. The van der Waals surface area contributed by atoms with Gasteiger partial charge in [0.1, 0.15) is 5.84 Å². The fraction of sp³-hybridized carbons (Fsp3) is 0.231. The molecular weight excluding hydrogens is 228 g/mol. The molecule has 1 N–H and O–H groups in total. The van der Waals surface area contributed by atoms with Crippen molar-refractivity contribution in [2.75, 3.05) is 4.90 Å². The van der Waals surface area contributed by atoms with Gasteiger partial charge in [0.05, 0.1) is 0 Å². The van der Waals surface area contributed by atoms with E-state index in [4.69, 9.17) is 0 Å². The van der Waals surface area contributed by atoms with Gasteiger partial charge in [0.25, 0.3) is 5.91 Å². The zero-order chi connectivity index (χ0) is 12.5. The first-order valence-corrected chi connectivity index (χ1v) is 5.98. The summed E-state index contributed by atoms with van der Waals surface area (Å²) < 4.78 is 0. The van der Waals surface area contributed by atoms with Crippen LogP contribution in [-0.4, -0.2) is 22.8 Å². The number of carbonyl (C=O) groups is 1. The van der Waals surface area contributed by atoms with Crippen LogP contribution in [0.2, 0.25) is 0 Å². The molecular formula is C13H14N4O. The lowest BCUT2D eigenvalue weighted by Crippen LogP contribution is -2.52. The molecule has 1 aromatic carbocycles. The zero-order valence-corrected chi connectivity index (χ0v) is 10.1. The normalized spacial score (nSPS) is 21.7. The van der Waals surface area contributed by atoms with Crippen molar-refractivity contribution in [2.24, 2.45) is 5.10 Å². The van der Waals surface area contributed by atoms with Crippen molar-refractivity contribution in [2.45, 2.75) is 19.5 Å². The van der Waals surface area contributed by atoms with Crippen LogP contribution in [0.15, 0.2) is 47.8 Å². The number of nitrogens with zero attached hydrogens (tertiary/aromatic N) is 3. The molecule has 2 aliphatic heterocycles. The van der Waals surface area contributed by atoms with Crippen LogP contribution in [0.4, 0.5) is 5.69 Å². The molecule has 3 rings (SSSR count). The van der Waals surface area contributed by atoms with Gasteiger partial charge in [-0.3, -0.25) is 15.1 Å². The number of hydrazone groups is 1. The summed E-state index contributed by atoms with van der Waals surface area (Å²) in [5, 5.41) is 4.17. The Kier molecular flexibility index (Phi) is 2.51. The standard InChI is InChI=1S/C13H14N4O/c1-2-11-14-15-12-13(18)16(8-9-17(11)12)10-6-4-3-5-7-10/h3-9,12,15H,2H2,1H3.